The van der Waals surface area contributed by atoms with Crippen molar-refractivity contribution in [1.29, 1.82) is 0 Å². The number of alkyl halides is 3. The topological polar surface area (TPSA) is 32.3 Å². The van der Waals surface area contributed by atoms with E-state index in [0.29, 0.717) is 6.54 Å². The Bertz CT molecular complexity index is 777. The number of amides is 1. The van der Waals surface area contributed by atoms with E-state index in [4.69, 9.17) is 11.6 Å². The summed E-state index contributed by atoms with van der Waals surface area (Å²) in [6.07, 6.45) is -3.65. The van der Waals surface area contributed by atoms with E-state index in [-0.39, 0.29) is 17.3 Å². The number of carbonyl (C=O) groups excluding carboxylic acids is 1. The fourth-order valence-electron chi connectivity index (χ4n) is 2.73. The Morgan fingerprint density at radius 1 is 1.21 bits per heavy atom. The van der Waals surface area contributed by atoms with Crippen LogP contribution in [0.25, 0.3) is 0 Å². The first-order valence-corrected chi connectivity index (χ1v) is 7.72. The molecule has 126 valence electrons. The molecule has 0 aliphatic carbocycles. The van der Waals surface area contributed by atoms with Crippen LogP contribution in [0.2, 0.25) is 5.02 Å². The molecular formula is C17H14ClF3N2O. The van der Waals surface area contributed by atoms with Crippen LogP contribution < -0.4 is 10.2 Å². The second-order valence-electron chi connectivity index (χ2n) is 5.54. The minimum Gasteiger partial charge on any atom is -0.362 e. The standard InChI is InChI=1S/C17H14ClF3N2O/c18-13-6-5-12(17(19,20)21)9-14(13)22-16(24)10-23-8-7-11-3-1-2-4-15(11)23/h1-6,9H,7-8,10H2,(H,22,24). The van der Waals surface area contributed by atoms with Crippen LogP contribution in [0.15, 0.2) is 42.5 Å². The molecule has 1 heterocycles. The van der Waals surface area contributed by atoms with E-state index in [9.17, 15) is 18.0 Å². The summed E-state index contributed by atoms with van der Waals surface area (Å²) in [6, 6.07) is 10.6. The summed E-state index contributed by atoms with van der Waals surface area (Å²) in [4.78, 5) is 14.1. The van der Waals surface area contributed by atoms with Gasteiger partial charge in [0.25, 0.3) is 0 Å². The molecule has 0 saturated heterocycles. The lowest BCUT2D eigenvalue weighted by Crippen LogP contribution is -2.32. The van der Waals surface area contributed by atoms with Crippen molar-refractivity contribution in [3.05, 3.63) is 58.6 Å². The molecule has 0 atom stereocenters. The smallest absolute Gasteiger partial charge is 0.362 e. The number of halogens is 4. The lowest BCUT2D eigenvalue weighted by molar-refractivity contribution is -0.137. The molecule has 1 amide bonds. The van der Waals surface area contributed by atoms with Gasteiger partial charge in [0.2, 0.25) is 5.91 Å². The lowest BCUT2D eigenvalue weighted by atomic mass is 10.2. The summed E-state index contributed by atoms with van der Waals surface area (Å²) in [5.41, 5.74) is 1.24. The van der Waals surface area contributed by atoms with Crippen molar-refractivity contribution in [1.82, 2.24) is 0 Å². The monoisotopic (exact) mass is 354 g/mol. The quantitative estimate of drug-likeness (QED) is 0.888. The minimum atomic E-state index is -4.49. The van der Waals surface area contributed by atoms with Crippen molar-refractivity contribution in [3.63, 3.8) is 0 Å². The first-order valence-electron chi connectivity index (χ1n) is 7.34. The van der Waals surface area contributed by atoms with Crippen LogP contribution in [0.3, 0.4) is 0 Å². The maximum Gasteiger partial charge on any atom is 0.416 e. The second-order valence-corrected chi connectivity index (χ2v) is 5.95. The molecule has 24 heavy (non-hydrogen) atoms. The molecule has 2 aromatic rings. The third kappa shape index (κ3) is 3.48. The van der Waals surface area contributed by atoms with Gasteiger partial charge in [0.05, 0.1) is 22.8 Å². The van der Waals surface area contributed by atoms with Crippen molar-refractivity contribution in [2.24, 2.45) is 0 Å². The third-order valence-corrected chi connectivity index (χ3v) is 4.22. The third-order valence-electron chi connectivity index (χ3n) is 3.89. The summed E-state index contributed by atoms with van der Waals surface area (Å²) in [5, 5.41) is 2.54. The molecule has 0 saturated carbocycles. The number of benzene rings is 2. The Labute approximate surface area is 142 Å². The van der Waals surface area contributed by atoms with Crippen LogP contribution in [0, 0.1) is 0 Å². The molecule has 0 radical (unpaired) electrons. The van der Waals surface area contributed by atoms with Gasteiger partial charge in [-0.15, -0.1) is 0 Å². The van der Waals surface area contributed by atoms with E-state index in [0.717, 1.165) is 35.9 Å². The van der Waals surface area contributed by atoms with Crippen LogP contribution in [0.5, 0.6) is 0 Å². The molecule has 0 aromatic heterocycles. The molecule has 3 nitrogen and oxygen atoms in total. The number of carbonyl (C=O) groups is 1. The summed E-state index contributed by atoms with van der Waals surface area (Å²) in [5.74, 6) is -0.409. The van der Waals surface area contributed by atoms with E-state index in [2.05, 4.69) is 5.32 Å². The van der Waals surface area contributed by atoms with Gasteiger partial charge in [0, 0.05) is 12.2 Å². The van der Waals surface area contributed by atoms with E-state index in [1.165, 1.54) is 0 Å². The Balaban J connectivity index is 1.72. The largest absolute Gasteiger partial charge is 0.416 e. The fraction of sp³-hybridized carbons (Fsp3) is 0.235. The van der Waals surface area contributed by atoms with Gasteiger partial charge in [-0.25, -0.2) is 0 Å². The summed E-state index contributed by atoms with van der Waals surface area (Å²) < 4.78 is 38.3. The highest BCUT2D eigenvalue weighted by atomic mass is 35.5. The molecule has 0 fully saturated rings. The van der Waals surface area contributed by atoms with Crippen molar-refractivity contribution in [3.8, 4) is 0 Å². The highest BCUT2D eigenvalue weighted by Crippen LogP contribution is 2.34. The van der Waals surface area contributed by atoms with E-state index >= 15 is 0 Å². The molecule has 2 aromatic carbocycles. The van der Waals surface area contributed by atoms with Crippen molar-refractivity contribution in [2.75, 3.05) is 23.3 Å². The first kappa shape index (κ1) is 16.6. The number of nitrogens with one attached hydrogen (secondary N) is 1. The van der Waals surface area contributed by atoms with Crippen LogP contribution in [0.4, 0.5) is 24.5 Å². The predicted octanol–water partition coefficient (Wildman–Crippen LogP) is 4.36. The average molecular weight is 355 g/mol. The number of para-hydroxylation sites is 1. The normalized spacial score (nSPS) is 13.8. The Kier molecular flexibility index (Phi) is 4.41. The summed E-state index contributed by atoms with van der Waals surface area (Å²) in [7, 11) is 0. The molecule has 1 aliphatic heterocycles. The van der Waals surface area contributed by atoms with Gasteiger partial charge >= 0.3 is 6.18 Å². The predicted molar refractivity (Wildman–Crippen MR) is 87.4 cm³/mol. The SMILES string of the molecule is O=C(CN1CCc2ccccc21)Nc1cc(C(F)(F)F)ccc1Cl. The molecule has 0 spiro atoms. The summed E-state index contributed by atoms with van der Waals surface area (Å²) in [6.45, 7) is 0.757. The minimum absolute atomic E-state index is 0.0380. The molecular weight excluding hydrogens is 341 g/mol. The zero-order valence-electron chi connectivity index (χ0n) is 12.5. The van der Waals surface area contributed by atoms with Gasteiger partial charge in [0.1, 0.15) is 0 Å². The maximum absolute atomic E-state index is 12.8. The Morgan fingerprint density at radius 3 is 2.71 bits per heavy atom. The fourth-order valence-corrected chi connectivity index (χ4v) is 2.90. The van der Waals surface area contributed by atoms with Gasteiger partial charge < -0.3 is 10.2 Å². The molecule has 3 rings (SSSR count). The number of hydrogen-bond donors (Lipinski definition) is 1. The van der Waals surface area contributed by atoms with Crippen molar-refractivity contribution < 1.29 is 18.0 Å². The summed E-state index contributed by atoms with van der Waals surface area (Å²) >= 11 is 5.89. The molecule has 0 unspecified atom stereocenters. The van der Waals surface area contributed by atoms with E-state index < -0.39 is 17.6 Å². The van der Waals surface area contributed by atoms with Crippen LogP contribution >= 0.6 is 11.6 Å². The van der Waals surface area contributed by atoms with Crippen LogP contribution in [-0.2, 0) is 17.4 Å². The first-order chi connectivity index (χ1) is 11.3. The zero-order chi connectivity index (χ0) is 17.3. The molecule has 1 aliphatic rings. The zero-order valence-corrected chi connectivity index (χ0v) is 13.3. The van der Waals surface area contributed by atoms with E-state index in [1.54, 1.807) is 0 Å². The average Bonchev–Trinajstić information content (AvgIpc) is 2.91. The van der Waals surface area contributed by atoms with Crippen molar-refractivity contribution >= 4 is 28.9 Å². The van der Waals surface area contributed by atoms with Gasteiger partial charge in [-0.3, -0.25) is 4.79 Å². The maximum atomic E-state index is 12.8. The number of fused-ring (bicyclic) bond motifs is 1. The molecule has 7 heteroatoms. The second kappa shape index (κ2) is 6.36. The number of anilines is 2. The molecule has 1 N–H and O–H groups in total. The van der Waals surface area contributed by atoms with Gasteiger partial charge in [-0.05, 0) is 36.2 Å². The van der Waals surface area contributed by atoms with Gasteiger partial charge in [0.15, 0.2) is 0 Å². The van der Waals surface area contributed by atoms with Crippen LogP contribution in [0.1, 0.15) is 11.1 Å². The highest BCUT2D eigenvalue weighted by molar-refractivity contribution is 6.33. The Morgan fingerprint density at radius 2 is 1.96 bits per heavy atom. The lowest BCUT2D eigenvalue weighted by Gasteiger charge is -2.19. The van der Waals surface area contributed by atoms with Gasteiger partial charge in [-0.2, -0.15) is 13.2 Å². The van der Waals surface area contributed by atoms with Gasteiger partial charge in [-0.1, -0.05) is 29.8 Å². The van der Waals surface area contributed by atoms with E-state index in [1.807, 2.05) is 29.2 Å². The van der Waals surface area contributed by atoms with Crippen molar-refractivity contribution in [2.45, 2.75) is 12.6 Å². The highest BCUT2D eigenvalue weighted by Gasteiger charge is 2.31. The number of rotatable bonds is 3. The number of hydrogen-bond acceptors (Lipinski definition) is 2. The molecule has 0 bridgehead atoms. The van der Waals surface area contributed by atoms with Crippen LogP contribution in [-0.4, -0.2) is 19.0 Å². The Hall–Kier alpha value is -2.21. The number of nitrogens with zero attached hydrogens (tertiary/aromatic N) is 1.